The highest BCUT2D eigenvalue weighted by molar-refractivity contribution is 4.90. The summed E-state index contributed by atoms with van der Waals surface area (Å²) in [5.41, 5.74) is 0. The minimum absolute atomic E-state index is 0.885. The summed E-state index contributed by atoms with van der Waals surface area (Å²) in [6, 6.07) is 0. The Kier molecular flexibility index (Phi) is 7.05. The van der Waals surface area contributed by atoms with Crippen molar-refractivity contribution in [1.82, 2.24) is 5.32 Å². The minimum Gasteiger partial charge on any atom is -0.317 e. The first-order valence-electron chi connectivity index (χ1n) is 9.88. The fraction of sp³-hybridized carbons (Fsp3) is 1.00. The summed E-state index contributed by atoms with van der Waals surface area (Å²) < 4.78 is 0. The second-order valence-corrected chi connectivity index (χ2v) is 8.17. The van der Waals surface area contributed by atoms with Crippen molar-refractivity contribution in [2.45, 2.75) is 79.1 Å². The van der Waals surface area contributed by atoms with Crippen LogP contribution in [0.25, 0.3) is 0 Å². The predicted molar refractivity (Wildman–Crippen MR) is 93.4 cm³/mol. The summed E-state index contributed by atoms with van der Waals surface area (Å²) in [5.74, 6) is 5.91. The summed E-state index contributed by atoms with van der Waals surface area (Å²) >= 11 is 0. The fourth-order valence-corrected chi connectivity index (χ4v) is 5.32. The molecule has 0 amide bonds. The molecule has 2 aliphatic rings. The van der Waals surface area contributed by atoms with Gasteiger partial charge in [0, 0.05) is 0 Å². The van der Waals surface area contributed by atoms with Crippen LogP contribution in [-0.4, -0.2) is 13.1 Å². The molecule has 0 heterocycles. The molecule has 124 valence electrons. The van der Waals surface area contributed by atoms with Crippen molar-refractivity contribution in [3.63, 3.8) is 0 Å². The molecule has 2 fully saturated rings. The summed E-state index contributed by atoms with van der Waals surface area (Å²) in [4.78, 5) is 0. The van der Waals surface area contributed by atoms with Gasteiger partial charge in [-0.1, -0.05) is 53.4 Å². The lowest BCUT2D eigenvalue weighted by atomic mass is 9.60. The third-order valence-electron chi connectivity index (χ3n) is 6.73. The van der Waals surface area contributed by atoms with Crippen molar-refractivity contribution in [3.8, 4) is 0 Å². The lowest BCUT2D eigenvalue weighted by molar-refractivity contribution is 0.0456. The molecule has 0 aromatic rings. The van der Waals surface area contributed by atoms with Gasteiger partial charge in [-0.05, 0) is 74.3 Å². The lowest BCUT2D eigenvalue weighted by Crippen LogP contribution is -2.41. The second-order valence-electron chi connectivity index (χ2n) is 8.17. The average Bonchev–Trinajstić information content (AvgIpc) is 2.52. The number of hydrogen-bond donors (Lipinski definition) is 1. The smallest absolute Gasteiger partial charge is 0.00179 e. The molecule has 0 aromatic heterocycles. The van der Waals surface area contributed by atoms with E-state index in [1.807, 2.05) is 0 Å². The molecule has 2 rings (SSSR count). The Bertz CT molecular complexity index is 286. The fourth-order valence-electron chi connectivity index (χ4n) is 5.32. The Morgan fingerprint density at radius 1 is 0.905 bits per heavy atom. The zero-order valence-corrected chi connectivity index (χ0v) is 15.0. The molecule has 5 atom stereocenters. The Hall–Kier alpha value is -0.0400. The van der Waals surface area contributed by atoms with Crippen molar-refractivity contribution < 1.29 is 0 Å². The number of rotatable bonds is 6. The Balaban J connectivity index is 2.07. The van der Waals surface area contributed by atoms with E-state index in [9.17, 15) is 0 Å². The first-order valence-corrected chi connectivity index (χ1v) is 9.88. The maximum Gasteiger partial charge on any atom is -0.00179 e. The molecule has 0 aliphatic heterocycles. The van der Waals surface area contributed by atoms with E-state index in [2.05, 4.69) is 33.0 Å². The van der Waals surface area contributed by atoms with Gasteiger partial charge in [0.1, 0.15) is 0 Å². The Morgan fingerprint density at radius 3 is 2.33 bits per heavy atom. The predicted octanol–water partition coefficient (Wildman–Crippen LogP) is 5.50. The standard InChI is InChI=1S/C20H39N/c1-5-16-9-7-8-10-19(16)20-13-17(15(3)4)11-12-18(20)14-21-6-2/h15-21H,5-14H2,1-4H3. The highest BCUT2D eigenvalue weighted by atomic mass is 14.8. The molecule has 2 saturated carbocycles. The van der Waals surface area contributed by atoms with Gasteiger partial charge < -0.3 is 5.32 Å². The van der Waals surface area contributed by atoms with E-state index in [1.54, 1.807) is 0 Å². The highest BCUT2D eigenvalue weighted by Gasteiger charge is 2.39. The molecule has 21 heavy (non-hydrogen) atoms. The third kappa shape index (κ3) is 4.47. The van der Waals surface area contributed by atoms with Crippen LogP contribution in [0, 0.1) is 35.5 Å². The van der Waals surface area contributed by atoms with Crippen molar-refractivity contribution in [3.05, 3.63) is 0 Å². The summed E-state index contributed by atoms with van der Waals surface area (Å²) in [7, 11) is 0. The largest absolute Gasteiger partial charge is 0.317 e. The van der Waals surface area contributed by atoms with Crippen LogP contribution in [0.5, 0.6) is 0 Å². The Morgan fingerprint density at radius 2 is 1.67 bits per heavy atom. The van der Waals surface area contributed by atoms with Gasteiger partial charge in [-0.25, -0.2) is 0 Å². The SMILES string of the molecule is CCNCC1CCC(C(C)C)CC1C1CCCCC1CC. The average molecular weight is 294 g/mol. The zero-order chi connectivity index (χ0) is 15.2. The molecule has 0 radical (unpaired) electrons. The topological polar surface area (TPSA) is 12.0 Å². The lowest BCUT2D eigenvalue weighted by Gasteiger charge is -2.46. The summed E-state index contributed by atoms with van der Waals surface area (Å²) in [6.45, 7) is 12.0. The molecule has 2 aliphatic carbocycles. The van der Waals surface area contributed by atoms with Crippen LogP contribution in [0.15, 0.2) is 0 Å². The monoisotopic (exact) mass is 293 g/mol. The van der Waals surface area contributed by atoms with E-state index in [1.165, 1.54) is 57.9 Å². The maximum absolute atomic E-state index is 3.66. The van der Waals surface area contributed by atoms with Gasteiger partial charge in [-0.15, -0.1) is 0 Å². The Labute approximate surface area is 133 Å². The third-order valence-corrected chi connectivity index (χ3v) is 6.73. The van der Waals surface area contributed by atoms with E-state index >= 15 is 0 Å². The van der Waals surface area contributed by atoms with Crippen molar-refractivity contribution >= 4 is 0 Å². The first kappa shape index (κ1) is 17.3. The van der Waals surface area contributed by atoms with Gasteiger partial charge in [0.05, 0.1) is 0 Å². The molecule has 0 aromatic carbocycles. The van der Waals surface area contributed by atoms with Crippen LogP contribution in [0.4, 0.5) is 0 Å². The van der Waals surface area contributed by atoms with Crippen LogP contribution in [0.1, 0.15) is 79.1 Å². The van der Waals surface area contributed by atoms with Crippen LogP contribution in [0.2, 0.25) is 0 Å². The minimum atomic E-state index is 0.885. The van der Waals surface area contributed by atoms with Gasteiger partial charge in [0.15, 0.2) is 0 Å². The first-order chi connectivity index (χ1) is 10.2. The molecule has 0 spiro atoms. The number of hydrogen-bond acceptors (Lipinski definition) is 1. The van der Waals surface area contributed by atoms with Crippen molar-refractivity contribution in [2.75, 3.05) is 13.1 Å². The van der Waals surface area contributed by atoms with Crippen molar-refractivity contribution in [1.29, 1.82) is 0 Å². The quantitative estimate of drug-likeness (QED) is 0.681. The van der Waals surface area contributed by atoms with Gasteiger partial charge in [0.25, 0.3) is 0 Å². The van der Waals surface area contributed by atoms with E-state index in [0.29, 0.717) is 0 Å². The highest BCUT2D eigenvalue weighted by Crippen LogP contribution is 2.47. The van der Waals surface area contributed by atoms with Crippen LogP contribution < -0.4 is 5.32 Å². The van der Waals surface area contributed by atoms with Gasteiger partial charge in [-0.3, -0.25) is 0 Å². The summed E-state index contributed by atoms with van der Waals surface area (Å²) in [6.07, 6.45) is 11.9. The van der Waals surface area contributed by atoms with E-state index in [0.717, 1.165) is 42.1 Å². The van der Waals surface area contributed by atoms with Gasteiger partial charge >= 0.3 is 0 Å². The number of nitrogens with one attached hydrogen (secondary N) is 1. The van der Waals surface area contributed by atoms with E-state index in [4.69, 9.17) is 0 Å². The van der Waals surface area contributed by atoms with Gasteiger partial charge in [0.2, 0.25) is 0 Å². The molecule has 0 bridgehead atoms. The second kappa shape index (κ2) is 8.56. The van der Waals surface area contributed by atoms with E-state index < -0.39 is 0 Å². The van der Waals surface area contributed by atoms with Crippen LogP contribution in [0.3, 0.4) is 0 Å². The molecule has 1 N–H and O–H groups in total. The molecule has 1 nitrogen and oxygen atoms in total. The van der Waals surface area contributed by atoms with E-state index in [-0.39, 0.29) is 0 Å². The van der Waals surface area contributed by atoms with Crippen molar-refractivity contribution in [2.24, 2.45) is 35.5 Å². The summed E-state index contributed by atoms with van der Waals surface area (Å²) in [5, 5.41) is 3.66. The molecular weight excluding hydrogens is 254 g/mol. The molecule has 0 saturated heterocycles. The molecular formula is C20H39N. The van der Waals surface area contributed by atoms with Crippen LogP contribution in [-0.2, 0) is 0 Å². The van der Waals surface area contributed by atoms with Gasteiger partial charge in [-0.2, -0.15) is 0 Å². The zero-order valence-electron chi connectivity index (χ0n) is 15.0. The maximum atomic E-state index is 3.66. The molecule has 5 unspecified atom stereocenters. The normalized spacial score (nSPS) is 37.9. The molecule has 1 heteroatoms. The van der Waals surface area contributed by atoms with Crippen LogP contribution >= 0.6 is 0 Å².